The fraction of sp³-hybridized carbons (Fsp3) is 0.600. The lowest BCUT2D eigenvalue weighted by Gasteiger charge is -2.56. The number of carbonyl (C=O) groups excluding carboxylic acids is 2. The van der Waals surface area contributed by atoms with Gasteiger partial charge in [0.25, 0.3) is 0 Å². The van der Waals surface area contributed by atoms with Gasteiger partial charge >= 0.3 is 11.9 Å². The SMILES string of the molecule is COC(=O)[C@H]1C[C@]23C=C[C@]1(OC(C)=O)[C@@]2(C)CC[C@@H]1c2ccc(OC)cc2CC[C@@H]13. The van der Waals surface area contributed by atoms with E-state index in [1.807, 2.05) is 6.08 Å². The molecule has 0 unspecified atom stereocenters. The molecule has 5 heteroatoms. The van der Waals surface area contributed by atoms with Crippen molar-refractivity contribution in [3.8, 4) is 5.75 Å². The van der Waals surface area contributed by atoms with Gasteiger partial charge < -0.3 is 14.2 Å². The standard InChI is InChI=1S/C25H30O5/c1-15(26)30-25-12-11-24(14-21(25)22(27)29-4)20-8-5-16-13-17(28-3)6-7-18(16)19(20)9-10-23(24,25)2/h6-7,11-13,19-21H,5,8-10,14H2,1-4H3/t19-,20+,21-,23+,24+,25-/m1/s1. The van der Waals surface area contributed by atoms with Gasteiger partial charge in [0.15, 0.2) is 0 Å². The van der Waals surface area contributed by atoms with Crippen LogP contribution in [0.4, 0.5) is 0 Å². The molecule has 0 amide bonds. The Hall–Kier alpha value is -2.30. The Morgan fingerprint density at radius 3 is 2.63 bits per heavy atom. The molecule has 1 aromatic rings. The van der Waals surface area contributed by atoms with E-state index in [0.717, 1.165) is 31.4 Å². The number of esters is 2. The lowest BCUT2D eigenvalue weighted by molar-refractivity contribution is -0.179. The van der Waals surface area contributed by atoms with Gasteiger partial charge in [-0.1, -0.05) is 19.1 Å². The first-order valence-electron chi connectivity index (χ1n) is 11.0. The average molecular weight is 411 g/mol. The molecule has 4 aliphatic carbocycles. The average Bonchev–Trinajstić information content (AvgIpc) is 3.12. The summed E-state index contributed by atoms with van der Waals surface area (Å²) in [5.74, 6) is 0.718. The van der Waals surface area contributed by atoms with Gasteiger partial charge in [-0.15, -0.1) is 0 Å². The minimum absolute atomic E-state index is 0.165. The molecule has 2 fully saturated rings. The van der Waals surface area contributed by atoms with Crippen molar-refractivity contribution >= 4 is 11.9 Å². The molecule has 5 nitrogen and oxygen atoms in total. The zero-order valence-corrected chi connectivity index (χ0v) is 18.2. The highest BCUT2D eigenvalue weighted by atomic mass is 16.6. The first kappa shape index (κ1) is 19.7. The molecule has 160 valence electrons. The van der Waals surface area contributed by atoms with Gasteiger partial charge in [-0.2, -0.15) is 0 Å². The Labute approximate surface area is 177 Å². The van der Waals surface area contributed by atoms with Gasteiger partial charge in [0.2, 0.25) is 0 Å². The van der Waals surface area contributed by atoms with Crippen molar-refractivity contribution in [1.82, 2.24) is 0 Å². The number of benzene rings is 1. The van der Waals surface area contributed by atoms with Crippen LogP contribution in [0.25, 0.3) is 0 Å². The summed E-state index contributed by atoms with van der Waals surface area (Å²) in [5.41, 5.74) is 1.43. The fourth-order valence-electron chi connectivity index (χ4n) is 7.69. The van der Waals surface area contributed by atoms with Crippen molar-refractivity contribution < 1.29 is 23.8 Å². The maximum atomic E-state index is 12.8. The van der Waals surface area contributed by atoms with E-state index in [-0.39, 0.29) is 22.8 Å². The lowest BCUT2D eigenvalue weighted by atomic mass is 9.48. The quantitative estimate of drug-likeness (QED) is 0.552. The van der Waals surface area contributed by atoms with Gasteiger partial charge in [-0.25, -0.2) is 0 Å². The highest BCUT2D eigenvalue weighted by Crippen LogP contribution is 2.77. The molecule has 0 N–H and O–H groups in total. The Balaban J connectivity index is 1.60. The molecule has 30 heavy (non-hydrogen) atoms. The van der Waals surface area contributed by atoms with Crippen LogP contribution in [0, 0.1) is 22.7 Å². The Bertz CT molecular complexity index is 951. The monoisotopic (exact) mass is 410 g/mol. The molecule has 2 bridgehead atoms. The van der Waals surface area contributed by atoms with E-state index in [0.29, 0.717) is 18.3 Å². The third kappa shape index (κ3) is 2.19. The molecule has 6 atom stereocenters. The van der Waals surface area contributed by atoms with Gasteiger partial charge in [-0.05, 0) is 73.3 Å². The van der Waals surface area contributed by atoms with E-state index >= 15 is 0 Å². The lowest BCUT2D eigenvalue weighted by Crippen LogP contribution is -2.55. The second kappa shape index (κ2) is 6.35. The number of hydrogen-bond donors (Lipinski definition) is 0. The molecule has 5 rings (SSSR count). The second-order valence-electron chi connectivity index (χ2n) is 9.73. The summed E-state index contributed by atoms with van der Waals surface area (Å²) in [7, 11) is 3.14. The summed E-state index contributed by atoms with van der Waals surface area (Å²) >= 11 is 0. The minimum atomic E-state index is -0.906. The van der Waals surface area contributed by atoms with Crippen molar-refractivity contribution in [2.75, 3.05) is 14.2 Å². The predicted octanol–water partition coefficient (Wildman–Crippen LogP) is 4.19. The van der Waals surface area contributed by atoms with Crippen molar-refractivity contribution in [2.45, 2.75) is 57.5 Å². The number of rotatable bonds is 3. The third-order valence-corrected chi connectivity index (χ3v) is 8.95. The Morgan fingerprint density at radius 2 is 1.93 bits per heavy atom. The normalized spacial score (nSPS) is 40.2. The van der Waals surface area contributed by atoms with Crippen LogP contribution < -0.4 is 4.74 Å². The van der Waals surface area contributed by atoms with Crippen LogP contribution in [-0.4, -0.2) is 31.8 Å². The number of carbonyl (C=O) groups is 2. The molecule has 1 aromatic carbocycles. The molecule has 4 aliphatic rings. The summed E-state index contributed by atoms with van der Waals surface area (Å²) in [6.07, 6.45) is 9.02. The molecule has 0 spiro atoms. The van der Waals surface area contributed by atoms with E-state index in [4.69, 9.17) is 14.2 Å². The van der Waals surface area contributed by atoms with Crippen LogP contribution in [0.1, 0.15) is 56.6 Å². The van der Waals surface area contributed by atoms with E-state index in [1.165, 1.54) is 25.2 Å². The Kier molecular flexibility index (Phi) is 4.16. The van der Waals surface area contributed by atoms with Crippen molar-refractivity contribution in [3.05, 3.63) is 41.5 Å². The fourth-order valence-corrected chi connectivity index (χ4v) is 7.69. The van der Waals surface area contributed by atoms with Gasteiger partial charge in [-0.3, -0.25) is 9.59 Å². The van der Waals surface area contributed by atoms with Crippen molar-refractivity contribution in [3.63, 3.8) is 0 Å². The second-order valence-corrected chi connectivity index (χ2v) is 9.73. The molecule has 0 saturated heterocycles. The van der Waals surface area contributed by atoms with Gasteiger partial charge in [0, 0.05) is 17.8 Å². The number of hydrogen-bond acceptors (Lipinski definition) is 5. The first-order valence-corrected chi connectivity index (χ1v) is 11.0. The molecular weight excluding hydrogens is 380 g/mol. The minimum Gasteiger partial charge on any atom is -0.497 e. The summed E-state index contributed by atoms with van der Waals surface area (Å²) in [5, 5.41) is 0. The highest BCUT2D eigenvalue weighted by molar-refractivity contribution is 5.78. The van der Waals surface area contributed by atoms with Crippen LogP contribution in [0.5, 0.6) is 5.75 Å². The van der Waals surface area contributed by atoms with E-state index < -0.39 is 11.5 Å². The number of fused-ring (bicyclic) bond motifs is 3. The number of allylic oxidation sites excluding steroid dienone is 1. The molecule has 0 aliphatic heterocycles. The van der Waals surface area contributed by atoms with Crippen LogP contribution in [0.2, 0.25) is 0 Å². The summed E-state index contributed by atoms with van der Waals surface area (Å²) in [6, 6.07) is 6.47. The maximum Gasteiger partial charge on any atom is 0.313 e. The van der Waals surface area contributed by atoms with Crippen LogP contribution >= 0.6 is 0 Å². The topological polar surface area (TPSA) is 61.8 Å². The van der Waals surface area contributed by atoms with Crippen LogP contribution in [0.15, 0.2) is 30.4 Å². The molecular formula is C25H30O5. The summed E-state index contributed by atoms with van der Waals surface area (Å²) < 4.78 is 16.7. The molecule has 2 saturated carbocycles. The van der Waals surface area contributed by atoms with Crippen LogP contribution in [0.3, 0.4) is 0 Å². The van der Waals surface area contributed by atoms with Crippen LogP contribution in [-0.2, 0) is 25.5 Å². The smallest absolute Gasteiger partial charge is 0.313 e. The van der Waals surface area contributed by atoms with Crippen molar-refractivity contribution in [1.29, 1.82) is 0 Å². The van der Waals surface area contributed by atoms with Gasteiger partial charge in [0.05, 0.1) is 14.2 Å². The Morgan fingerprint density at radius 1 is 1.13 bits per heavy atom. The zero-order chi connectivity index (χ0) is 21.3. The molecule has 0 heterocycles. The first-order chi connectivity index (χ1) is 14.3. The summed E-state index contributed by atoms with van der Waals surface area (Å²) in [6.45, 7) is 3.67. The number of methoxy groups -OCH3 is 2. The van der Waals surface area contributed by atoms with E-state index in [9.17, 15) is 9.59 Å². The largest absolute Gasteiger partial charge is 0.497 e. The highest BCUT2D eigenvalue weighted by Gasteiger charge is 2.78. The van der Waals surface area contributed by atoms with Crippen molar-refractivity contribution in [2.24, 2.45) is 22.7 Å². The third-order valence-electron chi connectivity index (χ3n) is 8.95. The molecule has 0 radical (unpaired) electrons. The number of aryl methyl sites for hydroxylation is 1. The number of ether oxygens (including phenoxy) is 3. The van der Waals surface area contributed by atoms with Gasteiger partial charge in [0.1, 0.15) is 17.3 Å². The predicted molar refractivity (Wildman–Crippen MR) is 111 cm³/mol. The van der Waals surface area contributed by atoms with E-state index in [1.54, 1.807) is 7.11 Å². The van der Waals surface area contributed by atoms with E-state index in [2.05, 4.69) is 31.2 Å². The molecule has 0 aromatic heterocycles. The maximum absolute atomic E-state index is 12.8. The summed E-state index contributed by atoms with van der Waals surface area (Å²) in [4.78, 5) is 25.0. The zero-order valence-electron chi connectivity index (χ0n) is 18.2.